The van der Waals surface area contributed by atoms with E-state index in [1.807, 2.05) is 0 Å². The van der Waals surface area contributed by atoms with Gasteiger partial charge in [-0.15, -0.1) is 0 Å². The van der Waals surface area contributed by atoms with Gasteiger partial charge in [-0.2, -0.15) is 9.39 Å². The molecular formula is C23H21ClN4O6S2. The van der Waals surface area contributed by atoms with Gasteiger partial charge in [0.05, 0.1) is 37.8 Å². The maximum absolute atomic E-state index is 12.5. The molecule has 10 nitrogen and oxygen atoms in total. The van der Waals surface area contributed by atoms with Crippen molar-refractivity contribution in [1.29, 1.82) is 5.41 Å². The summed E-state index contributed by atoms with van der Waals surface area (Å²) < 4.78 is 44.8. The smallest absolute Gasteiger partial charge is 0.283 e. The molecule has 0 spiro atoms. The first kappa shape index (κ1) is 25.7. The molecular weight excluding hydrogens is 528 g/mol. The SMILES string of the molecule is COc1cc(C=C2C(=N)N3C(=NC2=O)SN=C3S(C)(=O)=O)ccc1OCCCOc1ccc(Cl)cc1. The minimum atomic E-state index is -3.72. The van der Waals surface area contributed by atoms with Crippen LogP contribution in [0.2, 0.25) is 5.02 Å². The first-order chi connectivity index (χ1) is 17.2. The number of nitrogens with one attached hydrogen (secondary N) is 1. The number of benzene rings is 2. The van der Waals surface area contributed by atoms with E-state index in [1.165, 1.54) is 13.2 Å². The molecule has 0 radical (unpaired) electrons. The minimum absolute atomic E-state index is 0.0314. The number of aliphatic imine (C=N–C) groups is 1. The van der Waals surface area contributed by atoms with Crippen molar-refractivity contribution in [2.75, 3.05) is 26.6 Å². The fraction of sp³-hybridized carbons (Fsp3) is 0.217. The van der Waals surface area contributed by atoms with E-state index in [4.69, 9.17) is 31.2 Å². The minimum Gasteiger partial charge on any atom is -0.493 e. The summed E-state index contributed by atoms with van der Waals surface area (Å²) in [5, 5.41) is 8.77. The highest BCUT2D eigenvalue weighted by Gasteiger charge is 2.41. The van der Waals surface area contributed by atoms with Gasteiger partial charge < -0.3 is 14.2 Å². The van der Waals surface area contributed by atoms with Crippen molar-refractivity contribution < 1.29 is 27.4 Å². The zero-order valence-electron chi connectivity index (χ0n) is 19.2. The molecule has 2 aromatic rings. The number of sulfone groups is 1. The molecule has 1 N–H and O–H groups in total. The third-order valence-electron chi connectivity index (χ3n) is 4.95. The van der Waals surface area contributed by atoms with Gasteiger partial charge in [0, 0.05) is 17.7 Å². The van der Waals surface area contributed by atoms with Crippen LogP contribution in [0.5, 0.6) is 17.2 Å². The Hall–Kier alpha value is -3.35. The predicted molar refractivity (Wildman–Crippen MR) is 140 cm³/mol. The van der Waals surface area contributed by atoms with Crippen LogP contribution in [0, 0.1) is 5.41 Å². The number of carbonyl (C=O) groups excluding carboxylic acids is 1. The number of carbonyl (C=O) groups is 1. The summed E-state index contributed by atoms with van der Waals surface area (Å²) in [5.41, 5.74) is 0.467. The van der Waals surface area contributed by atoms with Gasteiger partial charge in [0.2, 0.25) is 20.2 Å². The Kier molecular flexibility index (Phi) is 7.67. The van der Waals surface area contributed by atoms with Gasteiger partial charge in [0.25, 0.3) is 5.91 Å². The highest BCUT2D eigenvalue weighted by Crippen LogP contribution is 2.32. The normalized spacial score (nSPS) is 16.5. The molecule has 0 fully saturated rings. The average Bonchev–Trinajstić information content (AvgIpc) is 3.28. The van der Waals surface area contributed by atoms with E-state index in [-0.39, 0.29) is 21.7 Å². The van der Waals surface area contributed by atoms with Gasteiger partial charge >= 0.3 is 0 Å². The molecule has 2 aromatic carbocycles. The number of nitrogens with zero attached hydrogens (tertiary/aromatic N) is 3. The van der Waals surface area contributed by atoms with Gasteiger partial charge in [-0.1, -0.05) is 17.7 Å². The second-order valence-electron chi connectivity index (χ2n) is 7.59. The van der Waals surface area contributed by atoms with Gasteiger partial charge in [0.15, 0.2) is 11.5 Å². The number of hydrogen-bond acceptors (Lipinski definition) is 9. The Balaban J connectivity index is 1.43. The number of halogens is 1. The van der Waals surface area contributed by atoms with E-state index >= 15 is 0 Å². The number of fused-ring (bicyclic) bond motifs is 1. The van der Waals surface area contributed by atoms with Crippen LogP contribution in [0.1, 0.15) is 12.0 Å². The number of methoxy groups -OCH3 is 1. The summed E-state index contributed by atoms with van der Waals surface area (Å²) in [6.07, 6.45) is 3.05. The lowest BCUT2D eigenvalue weighted by atomic mass is 10.1. The van der Waals surface area contributed by atoms with Crippen LogP contribution in [0.4, 0.5) is 0 Å². The average molecular weight is 549 g/mol. The Labute approximate surface area is 217 Å². The van der Waals surface area contributed by atoms with Crippen LogP contribution >= 0.6 is 23.5 Å². The van der Waals surface area contributed by atoms with Crippen LogP contribution in [-0.4, -0.2) is 62.0 Å². The van der Waals surface area contributed by atoms with Gasteiger partial charge in [-0.25, -0.2) is 13.3 Å². The molecule has 0 saturated carbocycles. The van der Waals surface area contributed by atoms with Crippen molar-refractivity contribution in [3.8, 4) is 17.2 Å². The molecule has 0 unspecified atom stereocenters. The lowest BCUT2D eigenvalue weighted by molar-refractivity contribution is -0.114. The van der Waals surface area contributed by atoms with Crippen LogP contribution in [-0.2, 0) is 14.6 Å². The molecule has 4 rings (SSSR count). The molecule has 188 valence electrons. The molecule has 2 aliphatic rings. The second kappa shape index (κ2) is 10.7. The fourth-order valence-electron chi connectivity index (χ4n) is 3.26. The summed E-state index contributed by atoms with van der Waals surface area (Å²) in [4.78, 5) is 17.5. The zero-order valence-corrected chi connectivity index (χ0v) is 21.6. The zero-order chi connectivity index (χ0) is 25.9. The predicted octanol–water partition coefficient (Wildman–Crippen LogP) is 3.82. The molecule has 1 amide bonds. The molecule has 2 aliphatic heterocycles. The van der Waals surface area contributed by atoms with Crippen LogP contribution in [0.25, 0.3) is 6.08 Å². The van der Waals surface area contributed by atoms with Gasteiger partial charge in [-0.3, -0.25) is 10.2 Å². The first-order valence-electron chi connectivity index (χ1n) is 10.6. The third kappa shape index (κ3) is 5.72. The number of ether oxygens (including phenoxy) is 3. The van der Waals surface area contributed by atoms with E-state index in [9.17, 15) is 13.2 Å². The Morgan fingerprint density at radius 3 is 2.53 bits per heavy atom. The number of amidine groups is 3. The molecule has 2 heterocycles. The maximum atomic E-state index is 12.5. The lowest BCUT2D eigenvalue weighted by Gasteiger charge is -2.23. The molecule has 0 saturated heterocycles. The summed E-state index contributed by atoms with van der Waals surface area (Å²) in [6.45, 7) is 0.833. The molecule has 36 heavy (non-hydrogen) atoms. The summed E-state index contributed by atoms with van der Waals surface area (Å²) in [5.74, 6) is 0.662. The number of hydrogen-bond donors (Lipinski definition) is 1. The molecule has 13 heteroatoms. The highest BCUT2D eigenvalue weighted by molar-refractivity contribution is 8.16. The van der Waals surface area contributed by atoms with Crippen molar-refractivity contribution in [1.82, 2.24) is 4.90 Å². The second-order valence-corrected chi connectivity index (χ2v) is 10.7. The summed E-state index contributed by atoms with van der Waals surface area (Å²) >= 11 is 6.60. The molecule has 0 atom stereocenters. The van der Waals surface area contributed by atoms with Crippen molar-refractivity contribution in [3.63, 3.8) is 0 Å². The van der Waals surface area contributed by atoms with Crippen molar-refractivity contribution in [2.45, 2.75) is 6.42 Å². The van der Waals surface area contributed by atoms with Crippen molar-refractivity contribution in [2.24, 2.45) is 9.39 Å². The van der Waals surface area contributed by atoms with Crippen LogP contribution < -0.4 is 14.2 Å². The van der Waals surface area contributed by atoms with E-state index in [0.29, 0.717) is 41.7 Å². The largest absolute Gasteiger partial charge is 0.493 e. The molecule has 0 bridgehead atoms. The number of amides is 1. The van der Waals surface area contributed by atoms with Crippen LogP contribution in [0.15, 0.2) is 57.4 Å². The Bertz CT molecular complexity index is 1400. The first-order valence-corrected chi connectivity index (χ1v) is 13.6. The van der Waals surface area contributed by atoms with E-state index < -0.39 is 15.7 Å². The van der Waals surface area contributed by atoms with Gasteiger partial charge in [0.1, 0.15) is 11.6 Å². The monoisotopic (exact) mass is 548 g/mol. The lowest BCUT2D eigenvalue weighted by Crippen LogP contribution is -2.45. The van der Waals surface area contributed by atoms with Crippen LogP contribution in [0.3, 0.4) is 0 Å². The topological polar surface area (TPSA) is 131 Å². The van der Waals surface area contributed by atoms with E-state index in [1.54, 1.807) is 42.5 Å². The molecule has 0 aromatic heterocycles. The highest BCUT2D eigenvalue weighted by atomic mass is 35.5. The quantitative estimate of drug-likeness (QED) is 0.299. The van der Waals surface area contributed by atoms with E-state index in [0.717, 1.165) is 28.9 Å². The fourth-order valence-corrected chi connectivity index (χ4v) is 5.23. The summed E-state index contributed by atoms with van der Waals surface area (Å²) in [7, 11) is -2.23. The third-order valence-corrected chi connectivity index (χ3v) is 6.96. The molecule has 0 aliphatic carbocycles. The Morgan fingerprint density at radius 2 is 1.83 bits per heavy atom. The van der Waals surface area contributed by atoms with Crippen molar-refractivity contribution in [3.05, 3.63) is 58.6 Å². The van der Waals surface area contributed by atoms with Crippen molar-refractivity contribution >= 4 is 61.5 Å². The maximum Gasteiger partial charge on any atom is 0.283 e. The Morgan fingerprint density at radius 1 is 1.11 bits per heavy atom. The standard InChI is InChI=1S/C23H21ClN4O6S2/c1-32-19-13-14(4-9-18(19)34-11-3-10-33-16-7-5-15(24)6-8-16)12-17-20(25)28-22(26-21(17)29)35-27-23(28)36(2,30)31/h4-9,12-13,25H,3,10-11H2,1-2H3. The number of rotatable bonds is 8. The van der Waals surface area contributed by atoms with Gasteiger partial charge in [-0.05, 0) is 48.0 Å². The van der Waals surface area contributed by atoms with E-state index in [2.05, 4.69) is 9.39 Å². The summed E-state index contributed by atoms with van der Waals surface area (Å²) in [6, 6.07) is 12.1.